The average Bonchev–Trinajstić information content (AvgIpc) is 2.30. The number of rotatable bonds is 3. The van der Waals surface area contributed by atoms with Crippen molar-refractivity contribution in [3.8, 4) is 0 Å². The van der Waals surface area contributed by atoms with Crippen molar-refractivity contribution in [2.45, 2.75) is 38.2 Å². The smallest absolute Gasteiger partial charge is 0.331 e. The second-order valence-electron chi connectivity index (χ2n) is 6.00. The van der Waals surface area contributed by atoms with Gasteiger partial charge in [-0.1, -0.05) is 0 Å². The molecule has 98 valence electrons. The van der Waals surface area contributed by atoms with Gasteiger partial charge in [-0.2, -0.15) is 0 Å². The van der Waals surface area contributed by atoms with Gasteiger partial charge in [-0.25, -0.2) is 9.59 Å². The molecule has 0 aromatic rings. The zero-order chi connectivity index (χ0) is 12.7. The van der Waals surface area contributed by atoms with Crippen LogP contribution in [0.4, 0.5) is 0 Å². The lowest BCUT2D eigenvalue weighted by Crippen LogP contribution is -2.49. The van der Waals surface area contributed by atoms with Gasteiger partial charge in [-0.15, -0.1) is 0 Å². The maximum absolute atomic E-state index is 11.6. The molecule has 4 rings (SSSR count). The first kappa shape index (κ1) is 11.8. The Morgan fingerprint density at radius 2 is 1.50 bits per heavy atom. The average molecular weight is 250 g/mol. The molecular formula is C14H18O4. The summed E-state index contributed by atoms with van der Waals surface area (Å²) in [4.78, 5) is 21.9. The van der Waals surface area contributed by atoms with E-state index in [0.717, 1.165) is 24.0 Å². The Morgan fingerprint density at radius 3 is 2.00 bits per heavy atom. The zero-order valence-electron chi connectivity index (χ0n) is 10.2. The van der Waals surface area contributed by atoms with Gasteiger partial charge in [0.05, 0.1) is 0 Å². The first-order valence-corrected chi connectivity index (χ1v) is 6.73. The van der Waals surface area contributed by atoms with Gasteiger partial charge in [0.25, 0.3) is 0 Å². The number of hydrogen-bond acceptors (Lipinski definition) is 3. The van der Waals surface area contributed by atoms with Crippen molar-refractivity contribution in [1.82, 2.24) is 0 Å². The van der Waals surface area contributed by atoms with Crippen LogP contribution in [0.1, 0.15) is 32.1 Å². The minimum atomic E-state index is -1.11. The van der Waals surface area contributed by atoms with Crippen molar-refractivity contribution in [1.29, 1.82) is 0 Å². The molecule has 18 heavy (non-hydrogen) atoms. The fourth-order valence-electron chi connectivity index (χ4n) is 4.38. The number of carboxylic acid groups (broad SMARTS) is 1. The first-order valence-electron chi connectivity index (χ1n) is 6.73. The van der Waals surface area contributed by atoms with E-state index in [1.165, 1.54) is 32.1 Å². The number of ether oxygens (including phenoxy) is 1. The van der Waals surface area contributed by atoms with Crippen molar-refractivity contribution >= 4 is 11.9 Å². The molecule has 0 spiro atoms. The zero-order valence-corrected chi connectivity index (χ0v) is 10.2. The monoisotopic (exact) mass is 250 g/mol. The maximum atomic E-state index is 11.6. The summed E-state index contributed by atoms with van der Waals surface area (Å²) in [5.41, 5.74) is 0. The molecule has 0 aromatic heterocycles. The molecule has 4 aliphatic rings. The van der Waals surface area contributed by atoms with Crippen LogP contribution in [0.3, 0.4) is 0 Å². The highest BCUT2D eigenvalue weighted by molar-refractivity contribution is 5.90. The van der Waals surface area contributed by atoms with Crippen LogP contribution in [0.25, 0.3) is 0 Å². The van der Waals surface area contributed by atoms with E-state index in [1.807, 2.05) is 0 Å². The lowest BCUT2D eigenvalue weighted by atomic mass is 9.55. The number of carbonyl (C=O) groups is 2. The third-order valence-corrected chi connectivity index (χ3v) is 4.75. The van der Waals surface area contributed by atoms with Crippen LogP contribution in [0, 0.1) is 23.7 Å². The Hall–Kier alpha value is -1.32. The van der Waals surface area contributed by atoms with Crippen molar-refractivity contribution in [3.05, 3.63) is 12.2 Å². The first-order chi connectivity index (χ1) is 8.61. The summed E-state index contributed by atoms with van der Waals surface area (Å²) in [6, 6.07) is 0. The predicted octanol–water partition coefficient (Wildman–Crippen LogP) is 2.00. The summed E-state index contributed by atoms with van der Waals surface area (Å²) in [5, 5.41) is 8.48. The predicted molar refractivity (Wildman–Crippen MR) is 63.7 cm³/mol. The summed E-state index contributed by atoms with van der Waals surface area (Å²) in [7, 11) is 0. The van der Waals surface area contributed by atoms with E-state index in [2.05, 4.69) is 0 Å². The topological polar surface area (TPSA) is 63.6 Å². The van der Waals surface area contributed by atoms with E-state index in [-0.39, 0.29) is 6.10 Å². The molecule has 4 aliphatic carbocycles. The molecule has 4 fully saturated rings. The normalized spacial score (nSPS) is 41.2. The van der Waals surface area contributed by atoms with Crippen molar-refractivity contribution in [2.24, 2.45) is 23.7 Å². The number of aliphatic carboxylic acids is 1. The minimum absolute atomic E-state index is 0.0312. The minimum Gasteiger partial charge on any atom is -0.478 e. The summed E-state index contributed by atoms with van der Waals surface area (Å²) < 4.78 is 5.49. The van der Waals surface area contributed by atoms with Gasteiger partial charge in [-0.3, -0.25) is 0 Å². The third-order valence-electron chi connectivity index (χ3n) is 4.75. The molecular weight excluding hydrogens is 232 g/mol. The molecule has 0 heterocycles. The number of carbonyl (C=O) groups excluding carboxylic acids is 1. The van der Waals surface area contributed by atoms with Crippen molar-refractivity contribution < 1.29 is 19.4 Å². The summed E-state index contributed by atoms with van der Waals surface area (Å²) >= 11 is 0. The Bertz CT molecular complexity index is 371. The van der Waals surface area contributed by atoms with Gasteiger partial charge in [0.1, 0.15) is 6.10 Å². The Kier molecular flexibility index (Phi) is 2.88. The van der Waals surface area contributed by atoms with Crippen LogP contribution in [0.5, 0.6) is 0 Å². The third kappa shape index (κ3) is 2.16. The summed E-state index contributed by atoms with van der Waals surface area (Å²) in [6.45, 7) is 0. The van der Waals surface area contributed by atoms with Crippen LogP contribution < -0.4 is 0 Å². The molecule has 0 radical (unpaired) electrons. The Labute approximate surface area is 106 Å². The number of carboxylic acids is 1. The quantitative estimate of drug-likeness (QED) is 0.614. The van der Waals surface area contributed by atoms with Crippen LogP contribution in [-0.2, 0) is 14.3 Å². The molecule has 0 unspecified atom stereocenters. The summed E-state index contributed by atoms with van der Waals surface area (Å²) in [5.74, 6) is 1.10. The van der Waals surface area contributed by atoms with E-state index in [1.54, 1.807) is 0 Å². The molecule has 4 nitrogen and oxygen atoms in total. The van der Waals surface area contributed by atoms with Gasteiger partial charge < -0.3 is 9.84 Å². The van der Waals surface area contributed by atoms with Gasteiger partial charge in [0.2, 0.25) is 0 Å². The standard InChI is InChI=1S/C14H18O4/c15-12(16)1-2-13(17)18-14-10-4-8-3-9(6-10)7-11(14)5-8/h1-2,8-11,14H,3-7H2,(H,15,16). The second-order valence-corrected chi connectivity index (χ2v) is 6.00. The molecule has 4 bridgehead atoms. The van der Waals surface area contributed by atoms with Gasteiger partial charge in [0.15, 0.2) is 0 Å². The van der Waals surface area contributed by atoms with E-state index < -0.39 is 11.9 Å². The molecule has 0 aliphatic heterocycles. The van der Waals surface area contributed by atoms with Crippen LogP contribution >= 0.6 is 0 Å². The highest BCUT2D eigenvalue weighted by Crippen LogP contribution is 2.54. The van der Waals surface area contributed by atoms with E-state index in [9.17, 15) is 9.59 Å². The lowest BCUT2D eigenvalue weighted by Gasteiger charge is -2.53. The van der Waals surface area contributed by atoms with E-state index >= 15 is 0 Å². The second kappa shape index (κ2) is 4.41. The highest BCUT2D eigenvalue weighted by atomic mass is 16.5. The van der Waals surface area contributed by atoms with Crippen molar-refractivity contribution in [2.75, 3.05) is 0 Å². The van der Waals surface area contributed by atoms with Crippen LogP contribution in [-0.4, -0.2) is 23.1 Å². The summed E-state index contributed by atoms with van der Waals surface area (Å²) in [6.07, 6.45) is 8.02. The molecule has 4 heteroatoms. The molecule has 0 saturated heterocycles. The van der Waals surface area contributed by atoms with Gasteiger partial charge in [-0.05, 0) is 55.8 Å². The molecule has 1 N–H and O–H groups in total. The fourth-order valence-corrected chi connectivity index (χ4v) is 4.38. The Balaban J connectivity index is 1.63. The SMILES string of the molecule is O=C(O)C=CC(=O)OC1C2CC3CC(C2)CC1C3. The molecule has 0 aromatic carbocycles. The fraction of sp³-hybridized carbons (Fsp3) is 0.714. The number of esters is 1. The Morgan fingerprint density at radius 1 is 0.944 bits per heavy atom. The maximum Gasteiger partial charge on any atom is 0.331 e. The molecule has 4 saturated carbocycles. The largest absolute Gasteiger partial charge is 0.478 e. The van der Waals surface area contributed by atoms with Crippen LogP contribution in [0.15, 0.2) is 12.2 Å². The van der Waals surface area contributed by atoms with Crippen LogP contribution in [0.2, 0.25) is 0 Å². The van der Waals surface area contributed by atoms with E-state index in [4.69, 9.17) is 9.84 Å². The van der Waals surface area contributed by atoms with Gasteiger partial charge in [0, 0.05) is 12.2 Å². The number of hydrogen-bond donors (Lipinski definition) is 1. The molecule has 0 amide bonds. The van der Waals surface area contributed by atoms with Crippen molar-refractivity contribution in [3.63, 3.8) is 0 Å². The van der Waals surface area contributed by atoms with E-state index in [0.29, 0.717) is 11.8 Å². The lowest BCUT2D eigenvalue weighted by molar-refractivity contribution is -0.165. The van der Waals surface area contributed by atoms with Gasteiger partial charge >= 0.3 is 11.9 Å². The highest BCUT2D eigenvalue weighted by Gasteiger charge is 2.49. The molecule has 0 atom stereocenters.